The van der Waals surface area contributed by atoms with E-state index in [-0.39, 0.29) is 11.4 Å². The van der Waals surface area contributed by atoms with Gasteiger partial charge in [0.15, 0.2) is 0 Å². The van der Waals surface area contributed by atoms with Crippen LogP contribution in [-0.2, 0) is 9.53 Å². The van der Waals surface area contributed by atoms with Crippen molar-refractivity contribution in [2.45, 2.75) is 20.0 Å². The third-order valence-electron chi connectivity index (χ3n) is 4.11. The normalized spacial score (nSPS) is 11.5. The second-order valence-corrected chi connectivity index (χ2v) is 7.66. The summed E-state index contributed by atoms with van der Waals surface area (Å²) in [6, 6.07) is 16.4. The highest BCUT2D eigenvalue weighted by molar-refractivity contribution is 7.13. The van der Waals surface area contributed by atoms with Gasteiger partial charge in [-0.05, 0) is 37.6 Å². The number of nitro groups is 1. The van der Waals surface area contributed by atoms with E-state index in [4.69, 9.17) is 4.74 Å². The second-order valence-electron chi connectivity index (χ2n) is 6.37. The average Bonchev–Trinajstić information content (AvgIpc) is 3.14. The third-order valence-corrected chi connectivity index (χ3v) is 5.10. The first kappa shape index (κ1) is 20.2. The van der Waals surface area contributed by atoms with E-state index in [1.165, 1.54) is 23.5 Å². The van der Waals surface area contributed by atoms with Crippen LogP contribution in [0.25, 0.3) is 0 Å². The van der Waals surface area contributed by atoms with E-state index >= 15 is 0 Å². The zero-order valence-electron chi connectivity index (χ0n) is 15.7. The fraction of sp³-hybridized carbons (Fsp3) is 0.143. The number of carbonyl (C=O) groups is 2. The number of esters is 1. The lowest BCUT2D eigenvalue weighted by molar-refractivity contribution is -0.384. The SMILES string of the molecule is Cc1ccc(NC(=O)[C@@H](OC(=O)c2ccc(C)s2)c2ccccc2)c([N+](=O)[O-])c1. The number of anilines is 1. The molecule has 1 amide bonds. The number of nitrogens with zero attached hydrogens (tertiary/aromatic N) is 1. The maximum Gasteiger partial charge on any atom is 0.349 e. The van der Waals surface area contributed by atoms with E-state index in [2.05, 4.69) is 5.32 Å². The number of carbonyl (C=O) groups excluding carboxylic acids is 2. The molecule has 148 valence electrons. The van der Waals surface area contributed by atoms with E-state index in [1.54, 1.807) is 55.5 Å². The number of nitrogens with one attached hydrogen (secondary N) is 1. The van der Waals surface area contributed by atoms with Crippen molar-refractivity contribution in [3.8, 4) is 0 Å². The van der Waals surface area contributed by atoms with Gasteiger partial charge in [-0.25, -0.2) is 4.79 Å². The molecule has 0 fully saturated rings. The van der Waals surface area contributed by atoms with Gasteiger partial charge in [-0.15, -0.1) is 11.3 Å². The summed E-state index contributed by atoms with van der Waals surface area (Å²) in [6.07, 6.45) is -1.26. The largest absolute Gasteiger partial charge is 0.443 e. The number of rotatable bonds is 6. The molecule has 0 aliphatic carbocycles. The lowest BCUT2D eigenvalue weighted by Gasteiger charge is -2.18. The summed E-state index contributed by atoms with van der Waals surface area (Å²) in [7, 11) is 0. The van der Waals surface area contributed by atoms with Crippen LogP contribution in [0, 0.1) is 24.0 Å². The lowest BCUT2D eigenvalue weighted by atomic mass is 10.1. The van der Waals surface area contributed by atoms with Gasteiger partial charge in [0.25, 0.3) is 11.6 Å². The molecular formula is C21H18N2O5S. The molecule has 0 bridgehead atoms. The Labute approximate surface area is 171 Å². The highest BCUT2D eigenvalue weighted by Gasteiger charge is 2.28. The van der Waals surface area contributed by atoms with Crippen molar-refractivity contribution in [1.82, 2.24) is 0 Å². The number of hydrogen-bond donors (Lipinski definition) is 1. The first-order chi connectivity index (χ1) is 13.8. The van der Waals surface area contributed by atoms with E-state index < -0.39 is 22.9 Å². The van der Waals surface area contributed by atoms with Crippen molar-refractivity contribution in [3.05, 3.63) is 91.7 Å². The number of ether oxygens (including phenoxy) is 1. The number of hydrogen-bond acceptors (Lipinski definition) is 6. The van der Waals surface area contributed by atoms with Crippen LogP contribution in [0.15, 0.2) is 60.7 Å². The van der Waals surface area contributed by atoms with Crippen LogP contribution in [0.3, 0.4) is 0 Å². The Kier molecular flexibility index (Phi) is 6.04. The predicted molar refractivity (Wildman–Crippen MR) is 110 cm³/mol. The minimum Gasteiger partial charge on any atom is -0.443 e. The molecule has 0 aliphatic heterocycles. The second kappa shape index (κ2) is 8.66. The first-order valence-corrected chi connectivity index (χ1v) is 9.55. The Morgan fingerprint density at radius 2 is 1.79 bits per heavy atom. The van der Waals surface area contributed by atoms with Crippen LogP contribution >= 0.6 is 11.3 Å². The van der Waals surface area contributed by atoms with Gasteiger partial charge in [-0.2, -0.15) is 0 Å². The molecule has 1 atom stereocenters. The van der Waals surface area contributed by atoms with Crippen molar-refractivity contribution in [2.24, 2.45) is 0 Å². The van der Waals surface area contributed by atoms with Crippen LogP contribution in [0.4, 0.5) is 11.4 Å². The van der Waals surface area contributed by atoms with Gasteiger partial charge in [0.2, 0.25) is 6.10 Å². The summed E-state index contributed by atoms with van der Waals surface area (Å²) >= 11 is 1.26. The Bertz CT molecular complexity index is 1060. The summed E-state index contributed by atoms with van der Waals surface area (Å²) in [5.41, 5.74) is 0.954. The Morgan fingerprint density at radius 3 is 2.41 bits per heavy atom. The molecular weight excluding hydrogens is 392 g/mol. The number of amides is 1. The van der Waals surface area contributed by atoms with Crippen LogP contribution in [-0.4, -0.2) is 16.8 Å². The summed E-state index contributed by atoms with van der Waals surface area (Å²) in [6.45, 7) is 3.58. The van der Waals surface area contributed by atoms with E-state index in [1.807, 2.05) is 6.92 Å². The molecule has 7 nitrogen and oxygen atoms in total. The van der Waals surface area contributed by atoms with Gasteiger partial charge < -0.3 is 10.1 Å². The monoisotopic (exact) mass is 410 g/mol. The van der Waals surface area contributed by atoms with Crippen LogP contribution in [0.1, 0.15) is 31.8 Å². The first-order valence-electron chi connectivity index (χ1n) is 8.73. The number of nitro benzene ring substituents is 1. The zero-order valence-corrected chi connectivity index (χ0v) is 16.6. The molecule has 0 unspecified atom stereocenters. The fourth-order valence-electron chi connectivity index (χ4n) is 2.71. The van der Waals surface area contributed by atoms with Crippen LogP contribution in [0.2, 0.25) is 0 Å². The van der Waals surface area contributed by atoms with Gasteiger partial charge >= 0.3 is 5.97 Å². The molecule has 0 spiro atoms. The van der Waals surface area contributed by atoms with Crippen LogP contribution < -0.4 is 5.32 Å². The summed E-state index contributed by atoms with van der Waals surface area (Å²) in [5.74, 6) is -1.31. The maximum atomic E-state index is 12.9. The minimum absolute atomic E-state index is 0.0366. The minimum atomic E-state index is -1.26. The number of thiophene rings is 1. The standard InChI is InChI=1S/C21H18N2O5S/c1-13-8-10-16(17(12-13)23(26)27)22-20(24)19(15-6-4-3-5-7-15)28-21(25)18-11-9-14(2)29-18/h3-12,19H,1-2H3,(H,22,24)/t19-/m0/s1. The highest BCUT2D eigenvalue weighted by Crippen LogP contribution is 2.28. The van der Waals surface area contributed by atoms with Crippen molar-refractivity contribution in [3.63, 3.8) is 0 Å². The van der Waals surface area contributed by atoms with E-state index in [0.717, 1.165) is 4.88 Å². The third kappa shape index (κ3) is 4.85. The predicted octanol–water partition coefficient (Wildman–Crippen LogP) is 4.81. The molecule has 2 aromatic carbocycles. The average molecular weight is 410 g/mol. The van der Waals surface area contributed by atoms with E-state index in [0.29, 0.717) is 16.0 Å². The summed E-state index contributed by atoms with van der Waals surface area (Å²) < 4.78 is 5.48. The van der Waals surface area contributed by atoms with Crippen molar-refractivity contribution >= 4 is 34.6 Å². The molecule has 1 aromatic heterocycles. The van der Waals surface area contributed by atoms with E-state index in [9.17, 15) is 19.7 Å². The molecule has 0 radical (unpaired) electrons. The van der Waals surface area contributed by atoms with Crippen LogP contribution in [0.5, 0.6) is 0 Å². The summed E-state index contributed by atoms with van der Waals surface area (Å²) in [5, 5.41) is 13.9. The van der Waals surface area contributed by atoms with Gasteiger partial charge in [0, 0.05) is 16.5 Å². The molecule has 0 aliphatic rings. The summed E-state index contributed by atoms with van der Waals surface area (Å²) in [4.78, 5) is 37.5. The number of aryl methyl sites for hydroxylation is 2. The zero-order chi connectivity index (χ0) is 21.0. The van der Waals surface area contributed by atoms with Crippen molar-refractivity contribution in [1.29, 1.82) is 0 Å². The van der Waals surface area contributed by atoms with Gasteiger partial charge in [-0.3, -0.25) is 14.9 Å². The maximum absolute atomic E-state index is 12.9. The molecule has 29 heavy (non-hydrogen) atoms. The van der Waals surface area contributed by atoms with Crippen molar-refractivity contribution in [2.75, 3.05) is 5.32 Å². The van der Waals surface area contributed by atoms with Gasteiger partial charge in [0.1, 0.15) is 10.6 Å². The quantitative estimate of drug-likeness (QED) is 0.357. The molecule has 0 saturated carbocycles. The molecule has 1 heterocycles. The van der Waals surface area contributed by atoms with Crippen molar-refractivity contribution < 1.29 is 19.2 Å². The van der Waals surface area contributed by atoms with Gasteiger partial charge in [0.05, 0.1) is 4.92 Å². The molecule has 0 saturated heterocycles. The smallest absolute Gasteiger partial charge is 0.349 e. The molecule has 3 rings (SSSR count). The van der Waals surface area contributed by atoms with Gasteiger partial charge in [-0.1, -0.05) is 36.4 Å². The molecule has 1 N–H and O–H groups in total. The molecule has 8 heteroatoms. The topological polar surface area (TPSA) is 98.5 Å². The Hall–Kier alpha value is -3.52. The lowest BCUT2D eigenvalue weighted by Crippen LogP contribution is -2.26. The molecule has 3 aromatic rings. The Morgan fingerprint density at radius 1 is 1.07 bits per heavy atom. The fourth-order valence-corrected chi connectivity index (χ4v) is 3.46. The highest BCUT2D eigenvalue weighted by atomic mass is 32.1. The Balaban J connectivity index is 1.89. The number of benzene rings is 2.